The molecule has 1 saturated heterocycles. The van der Waals surface area contributed by atoms with E-state index in [2.05, 4.69) is 4.72 Å². The highest BCUT2D eigenvalue weighted by molar-refractivity contribution is 7.99. The van der Waals surface area contributed by atoms with Gasteiger partial charge in [-0.2, -0.15) is 11.8 Å². The molecule has 4 nitrogen and oxygen atoms in total. The molecule has 1 aliphatic rings. The molecule has 0 amide bonds. The van der Waals surface area contributed by atoms with Crippen LogP contribution in [0.5, 0.6) is 0 Å². The summed E-state index contributed by atoms with van der Waals surface area (Å²) in [6.45, 7) is 4.46. The number of hydrogen-bond acceptors (Lipinski definition) is 4. The third-order valence-electron chi connectivity index (χ3n) is 3.94. The highest BCUT2D eigenvalue weighted by Crippen LogP contribution is 2.26. The molecule has 1 fully saturated rings. The average Bonchev–Trinajstić information content (AvgIpc) is 2.97. The lowest BCUT2D eigenvalue weighted by Gasteiger charge is -2.16. The smallest absolute Gasteiger partial charge is 0.240 e. The molecule has 1 unspecified atom stereocenters. The zero-order valence-electron chi connectivity index (χ0n) is 12.7. The number of rotatable bonds is 6. The molecule has 0 spiro atoms. The summed E-state index contributed by atoms with van der Waals surface area (Å²) in [7, 11) is -3.48. The Hall–Kier alpha value is -0.720. The maximum absolute atomic E-state index is 12.6. The van der Waals surface area contributed by atoms with Gasteiger partial charge in [-0.1, -0.05) is 13.8 Å². The lowest BCUT2D eigenvalue weighted by Crippen LogP contribution is -2.30. The van der Waals surface area contributed by atoms with Gasteiger partial charge in [-0.05, 0) is 59.9 Å². The lowest BCUT2D eigenvalue weighted by molar-refractivity contribution is 0.545. The Morgan fingerprint density at radius 3 is 2.67 bits per heavy atom. The number of hydrogen-bond donors (Lipinski definition) is 2. The second kappa shape index (κ2) is 7.03. The van der Waals surface area contributed by atoms with E-state index in [1.807, 2.05) is 31.7 Å². The van der Waals surface area contributed by atoms with Gasteiger partial charge in [0.15, 0.2) is 0 Å². The van der Waals surface area contributed by atoms with E-state index in [1.165, 1.54) is 0 Å². The molecule has 0 aliphatic carbocycles. The largest absolute Gasteiger partial charge is 0.398 e. The molecule has 2 rings (SSSR count). The number of benzene rings is 1. The van der Waals surface area contributed by atoms with Crippen molar-refractivity contribution < 1.29 is 8.42 Å². The molecule has 1 aromatic rings. The number of aryl methyl sites for hydroxylation is 1. The minimum Gasteiger partial charge on any atom is -0.398 e. The molecule has 0 aromatic heterocycles. The minimum absolute atomic E-state index is 0.354. The minimum atomic E-state index is -3.48. The van der Waals surface area contributed by atoms with Crippen molar-refractivity contribution in [3.05, 3.63) is 23.3 Å². The molecule has 0 bridgehead atoms. The molecule has 1 atom stereocenters. The molecule has 118 valence electrons. The fourth-order valence-corrected chi connectivity index (χ4v) is 5.39. The normalized spacial score (nSPS) is 19.0. The zero-order valence-corrected chi connectivity index (χ0v) is 14.3. The Morgan fingerprint density at radius 2 is 2.10 bits per heavy atom. The molecule has 0 saturated carbocycles. The van der Waals surface area contributed by atoms with E-state index in [-0.39, 0.29) is 0 Å². The van der Waals surface area contributed by atoms with Crippen LogP contribution in [0.3, 0.4) is 0 Å². The summed E-state index contributed by atoms with van der Waals surface area (Å²) in [6, 6.07) is 3.65. The number of nitrogens with one attached hydrogen (secondary N) is 1. The molecule has 6 heteroatoms. The summed E-state index contributed by atoms with van der Waals surface area (Å²) >= 11 is 1.89. The highest BCUT2D eigenvalue weighted by atomic mass is 32.2. The van der Waals surface area contributed by atoms with Crippen molar-refractivity contribution >= 4 is 27.5 Å². The van der Waals surface area contributed by atoms with Crippen LogP contribution in [0.25, 0.3) is 0 Å². The molecule has 1 aliphatic heterocycles. The van der Waals surface area contributed by atoms with Crippen molar-refractivity contribution in [2.75, 3.05) is 23.8 Å². The first kappa shape index (κ1) is 16.6. The standard InChI is InChI=1S/C15H24N2O2S2/c1-3-11-7-14(16)13(4-2)15(8-11)21(18,19)17-9-12-5-6-20-10-12/h7-8,12,17H,3-6,9-10,16H2,1-2H3. The van der Waals surface area contributed by atoms with Gasteiger partial charge in [-0.15, -0.1) is 0 Å². The van der Waals surface area contributed by atoms with Crippen LogP contribution in [-0.2, 0) is 22.9 Å². The van der Waals surface area contributed by atoms with Crippen molar-refractivity contribution in [1.29, 1.82) is 0 Å². The predicted octanol–water partition coefficient (Wildman–Crippen LogP) is 2.43. The van der Waals surface area contributed by atoms with Gasteiger partial charge < -0.3 is 5.73 Å². The fraction of sp³-hybridized carbons (Fsp3) is 0.600. The monoisotopic (exact) mass is 328 g/mol. The van der Waals surface area contributed by atoms with E-state index in [4.69, 9.17) is 5.73 Å². The quantitative estimate of drug-likeness (QED) is 0.787. The Morgan fingerprint density at radius 1 is 1.33 bits per heavy atom. The number of anilines is 1. The number of nitrogens with two attached hydrogens (primary N) is 1. The van der Waals surface area contributed by atoms with E-state index in [9.17, 15) is 8.42 Å². The first-order valence-corrected chi connectivity index (χ1v) is 10.1. The van der Waals surface area contributed by atoms with Crippen LogP contribution in [0.4, 0.5) is 5.69 Å². The Balaban J connectivity index is 2.27. The van der Waals surface area contributed by atoms with Gasteiger partial charge in [0.1, 0.15) is 0 Å². The SMILES string of the molecule is CCc1cc(N)c(CC)c(S(=O)(=O)NCC2CCSC2)c1. The van der Waals surface area contributed by atoms with Crippen LogP contribution < -0.4 is 10.5 Å². The van der Waals surface area contributed by atoms with E-state index in [1.54, 1.807) is 6.07 Å². The fourth-order valence-electron chi connectivity index (χ4n) is 2.60. The first-order valence-electron chi connectivity index (χ1n) is 7.46. The van der Waals surface area contributed by atoms with Crippen LogP contribution in [0, 0.1) is 5.92 Å². The predicted molar refractivity (Wildman–Crippen MR) is 90.2 cm³/mol. The third kappa shape index (κ3) is 3.93. The first-order chi connectivity index (χ1) is 9.97. The van der Waals surface area contributed by atoms with Crippen LogP contribution in [-0.4, -0.2) is 26.5 Å². The maximum atomic E-state index is 12.6. The lowest BCUT2D eigenvalue weighted by atomic mass is 10.1. The Bertz CT molecular complexity index is 594. The molecule has 1 heterocycles. The molecule has 21 heavy (non-hydrogen) atoms. The van der Waals surface area contributed by atoms with Crippen LogP contribution >= 0.6 is 11.8 Å². The van der Waals surface area contributed by atoms with Gasteiger partial charge in [0.25, 0.3) is 0 Å². The van der Waals surface area contributed by atoms with Crippen molar-refractivity contribution in [2.45, 2.75) is 38.0 Å². The molecular weight excluding hydrogens is 304 g/mol. The molecule has 1 aromatic carbocycles. The Kier molecular flexibility index (Phi) is 5.57. The molecule has 3 N–H and O–H groups in total. The maximum Gasteiger partial charge on any atom is 0.240 e. The van der Waals surface area contributed by atoms with Gasteiger partial charge >= 0.3 is 0 Å². The summed E-state index contributed by atoms with van der Waals surface area (Å²) < 4.78 is 28.0. The van der Waals surface area contributed by atoms with Crippen molar-refractivity contribution in [3.8, 4) is 0 Å². The number of thioether (sulfide) groups is 1. The van der Waals surface area contributed by atoms with Crippen molar-refractivity contribution in [3.63, 3.8) is 0 Å². The highest BCUT2D eigenvalue weighted by Gasteiger charge is 2.23. The van der Waals surface area contributed by atoms with E-state index < -0.39 is 10.0 Å². The molecular formula is C15H24N2O2S2. The second-order valence-electron chi connectivity index (χ2n) is 5.45. The summed E-state index contributed by atoms with van der Waals surface area (Å²) in [5.41, 5.74) is 8.29. The van der Waals surface area contributed by atoms with Gasteiger partial charge in [0.2, 0.25) is 10.0 Å². The third-order valence-corrected chi connectivity index (χ3v) is 6.66. The number of nitrogen functional groups attached to an aromatic ring is 1. The van der Waals surface area contributed by atoms with Gasteiger partial charge in [0, 0.05) is 12.2 Å². The molecule has 0 radical (unpaired) electrons. The Labute approximate surface area is 131 Å². The zero-order chi connectivity index (χ0) is 15.5. The van der Waals surface area contributed by atoms with Crippen molar-refractivity contribution in [1.82, 2.24) is 4.72 Å². The topological polar surface area (TPSA) is 72.2 Å². The van der Waals surface area contributed by atoms with E-state index in [0.29, 0.717) is 29.5 Å². The van der Waals surface area contributed by atoms with Gasteiger partial charge in [0.05, 0.1) is 4.90 Å². The van der Waals surface area contributed by atoms with Gasteiger partial charge in [-0.3, -0.25) is 0 Å². The van der Waals surface area contributed by atoms with Crippen LogP contribution in [0.1, 0.15) is 31.4 Å². The average molecular weight is 329 g/mol. The summed E-state index contributed by atoms with van der Waals surface area (Å²) in [4.78, 5) is 0.354. The van der Waals surface area contributed by atoms with Gasteiger partial charge in [-0.25, -0.2) is 13.1 Å². The summed E-state index contributed by atoms with van der Waals surface area (Å²) in [5, 5.41) is 0. The summed E-state index contributed by atoms with van der Waals surface area (Å²) in [5.74, 6) is 2.62. The van der Waals surface area contributed by atoms with Crippen LogP contribution in [0.15, 0.2) is 17.0 Å². The summed E-state index contributed by atoms with van der Waals surface area (Å²) in [6.07, 6.45) is 2.48. The van der Waals surface area contributed by atoms with E-state index in [0.717, 1.165) is 35.5 Å². The van der Waals surface area contributed by atoms with Crippen LogP contribution in [0.2, 0.25) is 0 Å². The second-order valence-corrected chi connectivity index (χ2v) is 8.34. The van der Waals surface area contributed by atoms with Crippen molar-refractivity contribution in [2.24, 2.45) is 5.92 Å². The van der Waals surface area contributed by atoms with E-state index >= 15 is 0 Å². The number of sulfonamides is 1.